The minimum atomic E-state index is -0.196. The smallest absolute Gasteiger partial charge is 0.251 e. The van der Waals surface area contributed by atoms with Gasteiger partial charge in [0.2, 0.25) is 5.91 Å². The predicted octanol–water partition coefficient (Wildman–Crippen LogP) is 1.81. The Balaban J connectivity index is 2.06. The molecule has 5 nitrogen and oxygen atoms in total. The molecule has 0 aromatic heterocycles. The highest BCUT2D eigenvalue weighted by Crippen LogP contribution is 2.14. The highest BCUT2D eigenvalue weighted by atomic mass is 16.2. The molecule has 0 aliphatic heterocycles. The van der Waals surface area contributed by atoms with E-state index in [1.807, 2.05) is 18.2 Å². The fraction of sp³-hybridized carbons (Fsp3) is 0.125. The first kappa shape index (κ1) is 14.6. The van der Waals surface area contributed by atoms with Crippen LogP contribution in [-0.2, 0) is 11.2 Å². The Hall–Kier alpha value is -2.82. The average Bonchev–Trinajstić information content (AvgIpc) is 2.49. The summed E-state index contributed by atoms with van der Waals surface area (Å²) in [5.41, 5.74) is 8.25. The van der Waals surface area contributed by atoms with Crippen LogP contribution in [0.2, 0.25) is 0 Å². The van der Waals surface area contributed by atoms with Crippen LogP contribution in [0.25, 0.3) is 0 Å². The fourth-order valence-corrected chi connectivity index (χ4v) is 1.96. The van der Waals surface area contributed by atoms with Crippen LogP contribution in [0.3, 0.4) is 0 Å². The molecule has 0 bridgehead atoms. The first-order chi connectivity index (χ1) is 10.1. The summed E-state index contributed by atoms with van der Waals surface area (Å²) in [5, 5.41) is 5.30. The molecule has 0 fully saturated rings. The number of amides is 2. The number of nitrogens with one attached hydrogen (secondary N) is 2. The van der Waals surface area contributed by atoms with Crippen molar-refractivity contribution in [3.63, 3.8) is 0 Å². The van der Waals surface area contributed by atoms with E-state index in [2.05, 4.69) is 10.6 Å². The Bertz CT molecular complexity index is 668. The zero-order chi connectivity index (χ0) is 15.2. The molecule has 2 aromatic rings. The van der Waals surface area contributed by atoms with Crippen molar-refractivity contribution in [2.75, 3.05) is 18.1 Å². The van der Waals surface area contributed by atoms with Gasteiger partial charge in [0, 0.05) is 24.0 Å². The summed E-state index contributed by atoms with van der Waals surface area (Å²) < 4.78 is 0. The van der Waals surface area contributed by atoms with Gasteiger partial charge in [0.05, 0.1) is 6.42 Å². The molecule has 0 atom stereocenters. The lowest BCUT2D eigenvalue weighted by Gasteiger charge is -2.08. The summed E-state index contributed by atoms with van der Waals surface area (Å²) in [4.78, 5) is 23.6. The fourth-order valence-electron chi connectivity index (χ4n) is 1.96. The number of carbonyl (C=O) groups is 2. The maximum Gasteiger partial charge on any atom is 0.251 e. The largest absolute Gasteiger partial charge is 0.398 e. The van der Waals surface area contributed by atoms with Crippen LogP contribution in [0.1, 0.15) is 15.9 Å². The molecule has 2 aromatic carbocycles. The van der Waals surface area contributed by atoms with Crippen molar-refractivity contribution in [2.45, 2.75) is 6.42 Å². The van der Waals surface area contributed by atoms with Gasteiger partial charge < -0.3 is 16.4 Å². The third-order valence-electron chi connectivity index (χ3n) is 3.04. The van der Waals surface area contributed by atoms with E-state index in [4.69, 9.17) is 5.73 Å². The van der Waals surface area contributed by atoms with Crippen molar-refractivity contribution in [3.05, 3.63) is 59.7 Å². The minimum absolute atomic E-state index is 0.179. The molecule has 5 heteroatoms. The van der Waals surface area contributed by atoms with Gasteiger partial charge >= 0.3 is 0 Å². The van der Waals surface area contributed by atoms with Crippen molar-refractivity contribution in [2.24, 2.45) is 0 Å². The van der Waals surface area contributed by atoms with E-state index in [1.54, 1.807) is 37.4 Å². The summed E-state index contributed by atoms with van der Waals surface area (Å²) in [7, 11) is 1.56. The van der Waals surface area contributed by atoms with E-state index in [-0.39, 0.29) is 18.2 Å². The van der Waals surface area contributed by atoms with Gasteiger partial charge in [-0.15, -0.1) is 0 Å². The van der Waals surface area contributed by atoms with Crippen LogP contribution in [0.15, 0.2) is 48.5 Å². The summed E-state index contributed by atoms with van der Waals surface area (Å²) in [5.74, 6) is -0.375. The number of anilines is 2. The molecule has 0 radical (unpaired) electrons. The molecule has 2 amide bonds. The summed E-state index contributed by atoms with van der Waals surface area (Å²) in [6, 6.07) is 14.0. The molecule has 0 saturated carbocycles. The third kappa shape index (κ3) is 3.82. The average molecular weight is 283 g/mol. The Labute approximate surface area is 123 Å². The Morgan fingerprint density at radius 1 is 1.10 bits per heavy atom. The van der Waals surface area contributed by atoms with Crippen molar-refractivity contribution in [3.8, 4) is 0 Å². The van der Waals surface area contributed by atoms with Gasteiger partial charge in [-0.25, -0.2) is 0 Å². The Morgan fingerprint density at radius 3 is 2.57 bits per heavy atom. The molecule has 0 unspecified atom stereocenters. The first-order valence-corrected chi connectivity index (χ1v) is 6.55. The normalized spacial score (nSPS) is 9.95. The van der Waals surface area contributed by atoms with E-state index >= 15 is 0 Å². The van der Waals surface area contributed by atoms with Gasteiger partial charge in [0.25, 0.3) is 5.91 Å². The van der Waals surface area contributed by atoms with Gasteiger partial charge in [0.1, 0.15) is 0 Å². The maximum atomic E-state index is 12.0. The highest BCUT2D eigenvalue weighted by molar-refractivity contribution is 5.97. The van der Waals surface area contributed by atoms with E-state index in [0.717, 1.165) is 5.56 Å². The van der Waals surface area contributed by atoms with E-state index in [9.17, 15) is 9.59 Å². The lowest BCUT2D eigenvalue weighted by molar-refractivity contribution is -0.115. The minimum Gasteiger partial charge on any atom is -0.398 e. The van der Waals surface area contributed by atoms with Gasteiger partial charge in [-0.2, -0.15) is 0 Å². The number of carbonyl (C=O) groups excluding carboxylic acids is 2. The Kier molecular flexibility index (Phi) is 4.56. The SMILES string of the molecule is CNC(=O)c1cccc(NC(=O)Cc2ccccc2N)c1. The third-order valence-corrected chi connectivity index (χ3v) is 3.04. The standard InChI is InChI=1S/C16H17N3O2/c1-18-16(21)12-6-4-7-13(9-12)19-15(20)10-11-5-2-3-8-14(11)17/h2-9H,10,17H2,1H3,(H,18,21)(H,19,20). The zero-order valence-corrected chi connectivity index (χ0v) is 11.7. The number of benzene rings is 2. The van der Waals surface area contributed by atoms with Crippen LogP contribution in [-0.4, -0.2) is 18.9 Å². The molecular formula is C16H17N3O2. The molecule has 4 N–H and O–H groups in total. The topological polar surface area (TPSA) is 84.2 Å². The van der Waals surface area contributed by atoms with Crippen LogP contribution < -0.4 is 16.4 Å². The number of hydrogen-bond acceptors (Lipinski definition) is 3. The van der Waals surface area contributed by atoms with E-state index in [1.165, 1.54) is 0 Å². The second-order valence-corrected chi connectivity index (χ2v) is 4.58. The molecule has 0 aliphatic rings. The quantitative estimate of drug-likeness (QED) is 0.748. The van der Waals surface area contributed by atoms with Crippen LogP contribution in [0.4, 0.5) is 11.4 Å². The lowest BCUT2D eigenvalue weighted by atomic mass is 10.1. The monoisotopic (exact) mass is 283 g/mol. The van der Waals surface area contributed by atoms with Gasteiger partial charge in [-0.1, -0.05) is 24.3 Å². The van der Waals surface area contributed by atoms with Crippen molar-refractivity contribution in [1.82, 2.24) is 5.32 Å². The lowest BCUT2D eigenvalue weighted by Crippen LogP contribution is -2.19. The predicted molar refractivity (Wildman–Crippen MR) is 83.0 cm³/mol. The second-order valence-electron chi connectivity index (χ2n) is 4.58. The molecular weight excluding hydrogens is 266 g/mol. The molecule has 0 spiro atoms. The number of nitrogens with two attached hydrogens (primary N) is 1. The van der Waals surface area contributed by atoms with E-state index < -0.39 is 0 Å². The second kappa shape index (κ2) is 6.56. The van der Waals surface area contributed by atoms with Gasteiger partial charge in [-0.05, 0) is 29.8 Å². The van der Waals surface area contributed by atoms with Crippen molar-refractivity contribution in [1.29, 1.82) is 0 Å². The summed E-state index contributed by atoms with van der Waals surface area (Å²) in [6.45, 7) is 0. The van der Waals surface area contributed by atoms with Gasteiger partial charge in [0.15, 0.2) is 0 Å². The summed E-state index contributed by atoms with van der Waals surface area (Å²) in [6.07, 6.45) is 0.191. The highest BCUT2D eigenvalue weighted by Gasteiger charge is 2.08. The number of nitrogen functional groups attached to an aromatic ring is 1. The molecule has 2 rings (SSSR count). The zero-order valence-electron chi connectivity index (χ0n) is 11.7. The van der Waals surface area contributed by atoms with Crippen LogP contribution in [0.5, 0.6) is 0 Å². The van der Waals surface area contributed by atoms with Gasteiger partial charge in [-0.3, -0.25) is 9.59 Å². The molecule has 0 aliphatic carbocycles. The number of para-hydroxylation sites is 1. The van der Waals surface area contributed by atoms with Crippen molar-refractivity contribution < 1.29 is 9.59 Å². The molecule has 0 heterocycles. The van der Waals surface area contributed by atoms with Crippen LogP contribution >= 0.6 is 0 Å². The Morgan fingerprint density at radius 2 is 1.86 bits per heavy atom. The summed E-state index contributed by atoms with van der Waals surface area (Å²) >= 11 is 0. The number of rotatable bonds is 4. The van der Waals surface area contributed by atoms with Crippen molar-refractivity contribution >= 4 is 23.2 Å². The van der Waals surface area contributed by atoms with E-state index in [0.29, 0.717) is 16.9 Å². The first-order valence-electron chi connectivity index (χ1n) is 6.55. The molecule has 21 heavy (non-hydrogen) atoms. The van der Waals surface area contributed by atoms with Crippen LogP contribution in [0, 0.1) is 0 Å². The maximum absolute atomic E-state index is 12.0. The number of hydrogen-bond donors (Lipinski definition) is 3. The molecule has 0 saturated heterocycles. The molecule has 108 valence electrons.